The topological polar surface area (TPSA) is 61.0 Å². The maximum absolute atomic E-state index is 5.03. The Kier molecular flexibility index (Phi) is 1.91. The molecule has 0 saturated carbocycles. The summed E-state index contributed by atoms with van der Waals surface area (Å²) in [6.07, 6.45) is 0. The van der Waals surface area contributed by atoms with Crippen molar-refractivity contribution in [2.24, 2.45) is 5.73 Å². The van der Waals surface area contributed by atoms with Gasteiger partial charge in [0, 0.05) is 0 Å². The maximum atomic E-state index is 5.03. The Morgan fingerprint density at radius 1 is 1.89 bits per heavy atom. The lowest BCUT2D eigenvalue weighted by atomic mass is 10.9. The number of ether oxygens (including phenoxy) is 1. The Bertz CT molecular complexity index is 197. The van der Waals surface area contributed by atoms with Gasteiger partial charge in [0.05, 0.1) is 5.38 Å². The molecule has 2 N–H and O–H groups in total. The van der Waals surface area contributed by atoms with Gasteiger partial charge in [-0.3, -0.25) is 0 Å². The molecule has 0 fully saturated rings. The van der Waals surface area contributed by atoms with Crippen molar-refractivity contribution in [1.82, 2.24) is 9.59 Å². The second kappa shape index (κ2) is 2.70. The largest absolute Gasteiger partial charge is 0.411 e. The Labute approximate surface area is 60.8 Å². The molecule has 1 heterocycles. The molecule has 4 nitrogen and oxygen atoms in total. The average Bonchev–Trinajstić information content (AvgIpc) is 2.15. The molecule has 9 heavy (non-hydrogen) atoms. The first-order chi connectivity index (χ1) is 4.29. The molecule has 0 saturated heterocycles. The van der Waals surface area contributed by atoms with E-state index >= 15 is 0 Å². The van der Waals surface area contributed by atoms with Gasteiger partial charge in [-0.05, 0) is 23.8 Å². The number of rotatable bonds is 1. The highest BCUT2D eigenvalue weighted by molar-refractivity contribution is 7.80. The van der Waals surface area contributed by atoms with Crippen molar-refractivity contribution in [3.05, 3.63) is 5.38 Å². The molecular weight excluding hydrogens is 158 g/mol. The Balaban J connectivity index is 2.58. The second-order valence-corrected chi connectivity index (χ2v) is 2.18. The van der Waals surface area contributed by atoms with Crippen molar-refractivity contribution in [3.8, 4) is 5.88 Å². The van der Waals surface area contributed by atoms with Crippen LogP contribution in [-0.2, 0) is 0 Å². The van der Waals surface area contributed by atoms with E-state index in [4.69, 9.17) is 10.5 Å². The van der Waals surface area contributed by atoms with Gasteiger partial charge in [-0.15, -0.1) is 0 Å². The zero-order valence-electron chi connectivity index (χ0n) is 4.27. The average molecular weight is 161 g/mol. The minimum absolute atomic E-state index is 0.0392. The summed E-state index contributed by atoms with van der Waals surface area (Å²) in [4.78, 5) is 0. The van der Waals surface area contributed by atoms with Crippen LogP contribution in [0.3, 0.4) is 0 Å². The van der Waals surface area contributed by atoms with E-state index in [1.807, 2.05) is 0 Å². The van der Waals surface area contributed by atoms with Crippen LogP contribution in [0.15, 0.2) is 5.38 Å². The third kappa shape index (κ3) is 1.90. The molecule has 0 atom stereocenters. The first kappa shape index (κ1) is 6.37. The van der Waals surface area contributed by atoms with E-state index in [0.717, 1.165) is 0 Å². The standard InChI is InChI=1S/C3H3N3OS2/c4-3(8)7-2-1-9-6-5-2/h1H,(H2,4,8). The van der Waals surface area contributed by atoms with Gasteiger partial charge in [0.2, 0.25) is 0 Å². The molecule has 0 aromatic carbocycles. The zero-order chi connectivity index (χ0) is 6.69. The molecule has 1 rings (SSSR count). The number of aromatic nitrogens is 2. The zero-order valence-corrected chi connectivity index (χ0v) is 5.91. The van der Waals surface area contributed by atoms with Crippen LogP contribution in [0.5, 0.6) is 5.88 Å². The van der Waals surface area contributed by atoms with Crippen molar-refractivity contribution < 1.29 is 4.74 Å². The third-order valence-corrected chi connectivity index (χ3v) is 1.11. The highest BCUT2D eigenvalue weighted by Gasteiger charge is 1.95. The van der Waals surface area contributed by atoms with E-state index in [1.54, 1.807) is 5.38 Å². The molecule has 0 spiro atoms. The fourth-order valence-corrected chi connectivity index (χ4v) is 0.749. The van der Waals surface area contributed by atoms with E-state index in [-0.39, 0.29) is 5.17 Å². The van der Waals surface area contributed by atoms with Gasteiger partial charge in [-0.1, -0.05) is 9.59 Å². The first-order valence-electron chi connectivity index (χ1n) is 2.03. The van der Waals surface area contributed by atoms with Crippen LogP contribution >= 0.6 is 23.8 Å². The normalized spacial score (nSPS) is 8.89. The number of thiocarbonyl (C=S) groups is 1. The Morgan fingerprint density at radius 3 is 3.11 bits per heavy atom. The molecule has 0 aliphatic rings. The van der Waals surface area contributed by atoms with Crippen LogP contribution < -0.4 is 10.5 Å². The van der Waals surface area contributed by atoms with Gasteiger partial charge in [0.15, 0.2) is 0 Å². The van der Waals surface area contributed by atoms with Gasteiger partial charge in [-0.2, -0.15) is 0 Å². The minimum atomic E-state index is -0.0392. The third-order valence-electron chi connectivity index (χ3n) is 0.545. The lowest BCUT2D eigenvalue weighted by molar-refractivity contribution is 0.531. The maximum Gasteiger partial charge on any atom is 0.261 e. The van der Waals surface area contributed by atoms with Gasteiger partial charge >= 0.3 is 0 Å². The second-order valence-electron chi connectivity index (χ2n) is 1.16. The van der Waals surface area contributed by atoms with Crippen molar-refractivity contribution in [2.45, 2.75) is 0 Å². The molecule has 0 radical (unpaired) electrons. The molecular formula is C3H3N3OS2. The number of nitrogens with two attached hydrogens (primary N) is 1. The Morgan fingerprint density at radius 2 is 2.67 bits per heavy atom. The van der Waals surface area contributed by atoms with Crippen LogP contribution in [0.1, 0.15) is 0 Å². The Hall–Kier alpha value is -0.750. The quantitative estimate of drug-likeness (QED) is 0.594. The fourth-order valence-electron chi connectivity index (χ4n) is 0.304. The molecule has 48 valence electrons. The molecule has 0 unspecified atom stereocenters. The van der Waals surface area contributed by atoms with Crippen LogP contribution in [0.25, 0.3) is 0 Å². The molecule has 6 heteroatoms. The van der Waals surface area contributed by atoms with Crippen LogP contribution in [0.2, 0.25) is 0 Å². The van der Waals surface area contributed by atoms with Gasteiger partial charge in [0.1, 0.15) is 0 Å². The summed E-state index contributed by atoms with van der Waals surface area (Å²) in [5.74, 6) is 0.354. The van der Waals surface area contributed by atoms with Crippen LogP contribution in [0.4, 0.5) is 0 Å². The summed E-state index contributed by atoms with van der Waals surface area (Å²) in [6.45, 7) is 0. The minimum Gasteiger partial charge on any atom is -0.411 e. The summed E-state index contributed by atoms with van der Waals surface area (Å²) in [6, 6.07) is 0. The van der Waals surface area contributed by atoms with Gasteiger partial charge < -0.3 is 10.5 Å². The molecule has 1 aromatic heterocycles. The highest BCUT2D eigenvalue weighted by atomic mass is 32.1. The van der Waals surface area contributed by atoms with Crippen LogP contribution in [0, 0.1) is 0 Å². The summed E-state index contributed by atoms with van der Waals surface area (Å²) < 4.78 is 8.23. The summed E-state index contributed by atoms with van der Waals surface area (Å²) in [5, 5.41) is 5.11. The van der Waals surface area contributed by atoms with E-state index in [0.29, 0.717) is 5.88 Å². The monoisotopic (exact) mass is 161 g/mol. The first-order valence-corrected chi connectivity index (χ1v) is 3.28. The summed E-state index contributed by atoms with van der Waals surface area (Å²) in [7, 11) is 0. The molecule has 0 aliphatic carbocycles. The van der Waals surface area contributed by atoms with Crippen molar-refractivity contribution >= 4 is 28.9 Å². The van der Waals surface area contributed by atoms with E-state index in [9.17, 15) is 0 Å². The summed E-state index contributed by atoms with van der Waals surface area (Å²) >= 11 is 5.62. The van der Waals surface area contributed by atoms with Gasteiger partial charge in [-0.25, -0.2) is 0 Å². The molecule has 1 aromatic rings. The predicted molar refractivity (Wildman–Crippen MR) is 37.3 cm³/mol. The van der Waals surface area contributed by atoms with Crippen molar-refractivity contribution in [2.75, 3.05) is 0 Å². The van der Waals surface area contributed by atoms with Crippen molar-refractivity contribution in [3.63, 3.8) is 0 Å². The number of hydrogen-bond acceptors (Lipinski definition) is 5. The molecule has 0 bridgehead atoms. The smallest absolute Gasteiger partial charge is 0.261 e. The fraction of sp³-hybridized carbons (Fsp3) is 0. The van der Waals surface area contributed by atoms with E-state index < -0.39 is 0 Å². The lowest BCUT2D eigenvalue weighted by Gasteiger charge is -1.92. The lowest BCUT2D eigenvalue weighted by Crippen LogP contribution is -2.15. The predicted octanol–water partition coefficient (Wildman–Crippen LogP) is 0.160. The van der Waals surface area contributed by atoms with E-state index in [2.05, 4.69) is 21.8 Å². The van der Waals surface area contributed by atoms with Crippen LogP contribution in [-0.4, -0.2) is 14.8 Å². The number of hydrogen-bond donors (Lipinski definition) is 1. The summed E-state index contributed by atoms with van der Waals surface area (Å²) in [5.41, 5.74) is 5.03. The number of nitrogens with zero attached hydrogens (tertiary/aromatic N) is 2. The van der Waals surface area contributed by atoms with Gasteiger partial charge in [0.25, 0.3) is 11.1 Å². The highest BCUT2D eigenvalue weighted by Crippen LogP contribution is 2.05. The molecule has 0 aliphatic heterocycles. The molecule has 0 amide bonds. The van der Waals surface area contributed by atoms with E-state index in [1.165, 1.54) is 11.5 Å². The van der Waals surface area contributed by atoms with Crippen molar-refractivity contribution in [1.29, 1.82) is 0 Å². The SMILES string of the molecule is NC(=S)Oc1csnn1.